The number of carboxylic acid groups (broad SMARTS) is 1. The normalized spacial score (nSPS) is 7.55. The van der Waals surface area contributed by atoms with Crippen molar-refractivity contribution >= 4 is 11.9 Å². The van der Waals surface area contributed by atoms with Gasteiger partial charge in [0.15, 0.2) is 0 Å². The lowest BCUT2D eigenvalue weighted by atomic mass is 10.7. The molecular weight excluding hydrogens is 152 g/mol. The van der Waals surface area contributed by atoms with Gasteiger partial charge in [-0.15, -0.1) is 0 Å². The van der Waals surface area contributed by atoms with Crippen LogP contribution in [0.25, 0.3) is 0 Å². The fraction of sp³-hybridized carbons (Fsp3) is 0.667. The average Bonchev–Trinajstić information content (AvgIpc) is 1.87. The summed E-state index contributed by atoms with van der Waals surface area (Å²) in [5.74, 6) is -1.65. The molecule has 0 unspecified atom stereocenters. The molecule has 0 rings (SSSR count). The van der Waals surface area contributed by atoms with Crippen LogP contribution in [0.2, 0.25) is 0 Å². The lowest BCUT2D eigenvalue weighted by Gasteiger charge is -1.93. The summed E-state index contributed by atoms with van der Waals surface area (Å²) < 4.78 is 4.30. The van der Waals surface area contributed by atoms with Gasteiger partial charge in [0.25, 0.3) is 0 Å². The van der Waals surface area contributed by atoms with E-state index in [1.165, 1.54) is 0 Å². The van der Waals surface area contributed by atoms with Gasteiger partial charge in [-0.3, -0.25) is 0 Å². The maximum Gasteiger partial charge on any atom is 0.331 e. The van der Waals surface area contributed by atoms with E-state index in [4.69, 9.17) is 15.0 Å². The first kappa shape index (κ1) is 12.6. The molecule has 0 bridgehead atoms. The summed E-state index contributed by atoms with van der Waals surface area (Å²) in [4.78, 5) is 18.8. The molecule has 0 heterocycles. The van der Waals surface area contributed by atoms with Crippen LogP contribution in [-0.4, -0.2) is 30.3 Å². The zero-order valence-electron chi connectivity index (χ0n) is 6.49. The van der Waals surface area contributed by atoms with Gasteiger partial charge in [0.05, 0.1) is 6.61 Å². The SMILES string of the molecule is CC(=O)[O-].CCOC(=O)CO. The van der Waals surface area contributed by atoms with Gasteiger partial charge in [-0.2, -0.15) is 0 Å². The predicted octanol–water partition coefficient (Wildman–Crippen LogP) is -1.70. The molecule has 0 aliphatic carbocycles. The van der Waals surface area contributed by atoms with Gasteiger partial charge in [-0.05, 0) is 13.8 Å². The predicted molar refractivity (Wildman–Crippen MR) is 34.4 cm³/mol. The van der Waals surface area contributed by atoms with Crippen LogP contribution in [0, 0.1) is 0 Å². The van der Waals surface area contributed by atoms with Crippen molar-refractivity contribution in [1.29, 1.82) is 0 Å². The number of carboxylic acids is 1. The van der Waals surface area contributed by atoms with Crippen LogP contribution in [0.4, 0.5) is 0 Å². The van der Waals surface area contributed by atoms with Crippen LogP contribution in [-0.2, 0) is 14.3 Å². The Labute approximate surface area is 64.6 Å². The van der Waals surface area contributed by atoms with Gasteiger partial charge in [-0.1, -0.05) is 0 Å². The number of carbonyl (C=O) groups is 2. The molecular formula is C6H11O5-. The summed E-state index contributed by atoms with van der Waals surface area (Å²) >= 11 is 0. The number of hydrogen-bond donors (Lipinski definition) is 1. The van der Waals surface area contributed by atoms with Crippen molar-refractivity contribution in [2.24, 2.45) is 0 Å². The standard InChI is InChI=1S/C4H8O3.C2H4O2/c1-2-7-4(6)3-5;1-2(3)4/h5H,2-3H2,1H3;1H3,(H,3,4)/p-1. The molecule has 0 aliphatic heterocycles. The first-order valence-corrected chi connectivity index (χ1v) is 2.98. The van der Waals surface area contributed by atoms with Crippen LogP contribution in [0.5, 0.6) is 0 Å². The molecule has 11 heavy (non-hydrogen) atoms. The van der Waals surface area contributed by atoms with Crippen molar-refractivity contribution in [2.45, 2.75) is 13.8 Å². The third kappa shape index (κ3) is 27.9. The second-order valence-electron chi connectivity index (χ2n) is 1.45. The Balaban J connectivity index is 0. The molecule has 0 aromatic carbocycles. The molecule has 0 atom stereocenters. The van der Waals surface area contributed by atoms with E-state index in [0.29, 0.717) is 6.61 Å². The van der Waals surface area contributed by atoms with E-state index in [1.807, 2.05) is 0 Å². The largest absolute Gasteiger partial charge is 0.550 e. The van der Waals surface area contributed by atoms with E-state index in [1.54, 1.807) is 6.92 Å². The molecule has 0 aromatic rings. The number of rotatable bonds is 2. The second kappa shape index (κ2) is 8.90. The smallest absolute Gasteiger partial charge is 0.331 e. The van der Waals surface area contributed by atoms with E-state index < -0.39 is 18.5 Å². The number of carbonyl (C=O) groups excluding carboxylic acids is 2. The van der Waals surface area contributed by atoms with E-state index >= 15 is 0 Å². The van der Waals surface area contributed by atoms with Gasteiger partial charge < -0.3 is 19.7 Å². The van der Waals surface area contributed by atoms with E-state index in [9.17, 15) is 4.79 Å². The Bertz CT molecular complexity index is 116. The van der Waals surface area contributed by atoms with Crippen LogP contribution < -0.4 is 5.11 Å². The maximum atomic E-state index is 9.94. The lowest BCUT2D eigenvalue weighted by molar-refractivity contribution is -0.302. The zero-order valence-corrected chi connectivity index (χ0v) is 6.49. The first-order chi connectivity index (χ1) is 5.04. The molecule has 0 amide bonds. The van der Waals surface area contributed by atoms with Crippen LogP contribution in [0.15, 0.2) is 0 Å². The van der Waals surface area contributed by atoms with Crippen LogP contribution >= 0.6 is 0 Å². The zero-order chi connectivity index (χ0) is 9.28. The third-order valence-electron chi connectivity index (χ3n) is 0.434. The molecule has 0 aliphatic rings. The molecule has 5 heteroatoms. The Hall–Kier alpha value is -1.10. The quantitative estimate of drug-likeness (QED) is 0.490. The molecule has 0 spiro atoms. The van der Waals surface area contributed by atoms with Gasteiger partial charge >= 0.3 is 5.97 Å². The molecule has 66 valence electrons. The van der Waals surface area contributed by atoms with Crippen molar-refractivity contribution in [3.63, 3.8) is 0 Å². The van der Waals surface area contributed by atoms with Crippen molar-refractivity contribution in [2.75, 3.05) is 13.2 Å². The minimum Gasteiger partial charge on any atom is -0.550 e. The minimum absolute atomic E-state index is 0.333. The summed E-state index contributed by atoms with van der Waals surface area (Å²) in [5.41, 5.74) is 0. The van der Waals surface area contributed by atoms with E-state index in [0.717, 1.165) is 6.92 Å². The fourth-order valence-electron chi connectivity index (χ4n) is 0.207. The number of aliphatic carboxylic acids is 1. The summed E-state index contributed by atoms with van der Waals surface area (Å²) in [5, 5.41) is 16.9. The summed E-state index contributed by atoms with van der Waals surface area (Å²) in [6.07, 6.45) is 0. The Morgan fingerprint density at radius 3 is 2.00 bits per heavy atom. The highest BCUT2D eigenvalue weighted by Gasteiger charge is 1.92. The van der Waals surface area contributed by atoms with E-state index in [2.05, 4.69) is 4.74 Å². The van der Waals surface area contributed by atoms with Crippen molar-refractivity contribution in [3.8, 4) is 0 Å². The Morgan fingerprint density at radius 1 is 1.55 bits per heavy atom. The van der Waals surface area contributed by atoms with Crippen molar-refractivity contribution in [1.82, 2.24) is 0 Å². The number of hydrogen-bond acceptors (Lipinski definition) is 5. The molecule has 0 radical (unpaired) electrons. The van der Waals surface area contributed by atoms with E-state index in [-0.39, 0.29) is 0 Å². The number of ether oxygens (including phenoxy) is 1. The molecule has 0 fully saturated rings. The lowest BCUT2D eigenvalue weighted by Crippen LogP contribution is -2.16. The molecule has 1 N–H and O–H groups in total. The van der Waals surface area contributed by atoms with Gasteiger partial charge in [0, 0.05) is 5.97 Å². The highest BCUT2D eigenvalue weighted by Crippen LogP contribution is 1.71. The third-order valence-corrected chi connectivity index (χ3v) is 0.434. The Kier molecular flexibility index (Phi) is 10.2. The Morgan fingerprint density at radius 2 is 1.91 bits per heavy atom. The fourth-order valence-corrected chi connectivity index (χ4v) is 0.207. The monoisotopic (exact) mass is 163 g/mol. The summed E-state index contributed by atoms with van der Waals surface area (Å²) in [7, 11) is 0. The first-order valence-electron chi connectivity index (χ1n) is 2.98. The van der Waals surface area contributed by atoms with Crippen LogP contribution in [0.1, 0.15) is 13.8 Å². The molecule has 0 saturated heterocycles. The highest BCUT2D eigenvalue weighted by atomic mass is 16.5. The van der Waals surface area contributed by atoms with Crippen molar-refractivity contribution < 1.29 is 24.5 Å². The molecule has 0 saturated carbocycles. The minimum atomic E-state index is -1.08. The number of esters is 1. The molecule has 5 nitrogen and oxygen atoms in total. The van der Waals surface area contributed by atoms with Gasteiger partial charge in [-0.25, -0.2) is 4.79 Å². The average molecular weight is 163 g/mol. The second-order valence-corrected chi connectivity index (χ2v) is 1.45. The number of aliphatic hydroxyl groups excluding tert-OH is 1. The summed E-state index contributed by atoms with van der Waals surface area (Å²) in [6, 6.07) is 0. The van der Waals surface area contributed by atoms with Crippen LogP contribution in [0.3, 0.4) is 0 Å². The molecule has 0 aromatic heterocycles. The van der Waals surface area contributed by atoms with Gasteiger partial charge in [0.2, 0.25) is 0 Å². The summed E-state index contributed by atoms with van der Waals surface area (Å²) in [6.45, 7) is 2.47. The maximum absolute atomic E-state index is 9.94. The number of aliphatic hydroxyl groups is 1. The topological polar surface area (TPSA) is 86.7 Å². The highest BCUT2D eigenvalue weighted by molar-refractivity contribution is 5.70. The van der Waals surface area contributed by atoms with Crippen molar-refractivity contribution in [3.05, 3.63) is 0 Å². The van der Waals surface area contributed by atoms with Gasteiger partial charge in [0.1, 0.15) is 6.61 Å².